The maximum Gasteiger partial charge on any atom is 0.231 e. The molecule has 2 rings (SSSR count). The Balaban J connectivity index is 1.88. The molecule has 1 aliphatic heterocycles. The molecule has 0 unspecified atom stereocenters. The van der Waals surface area contributed by atoms with Crippen LogP contribution in [0.15, 0.2) is 6.07 Å². The molecule has 7 nitrogen and oxygen atoms in total. The lowest BCUT2D eigenvalue weighted by Gasteiger charge is -2.25. The van der Waals surface area contributed by atoms with Crippen LogP contribution in [0.2, 0.25) is 0 Å². The monoisotopic (exact) mass is 254 g/mol. The van der Waals surface area contributed by atoms with Crippen molar-refractivity contribution in [3.8, 4) is 5.88 Å². The lowest BCUT2D eigenvalue weighted by Crippen LogP contribution is -2.48. The molecule has 1 amide bonds. The van der Waals surface area contributed by atoms with Gasteiger partial charge in [-0.15, -0.1) is 0 Å². The number of anilines is 1. The zero-order valence-electron chi connectivity index (χ0n) is 10.6. The fourth-order valence-corrected chi connectivity index (χ4v) is 1.58. The van der Waals surface area contributed by atoms with Gasteiger partial charge in [-0.05, 0) is 0 Å². The van der Waals surface area contributed by atoms with Crippen LogP contribution in [0.3, 0.4) is 0 Å². The van der Waals surface area contributed by atoms with Crippen LogP contribution in [0.4, 0.5) is 5.82 Å². The molecule has 1 aliphatic rings. The Morgan fingerprint density at radius 2 is 2.39 bits per heavy atom. The minimum atomic E-state index is -0.00436. The van der Waals surface area contributed by atoms with E-state index in [9.17, 15) is 4.79 Å². The van der Waals surface area contributed by atoms with Gasteiger partial charge in [-0.25, -0.2) is 4.68 Å². The van der Waals surface area contributed by atoms with Gasteiger partial charge in [0.15, 0.2) is 5.82 Å². The maximum atomic E-state index is 11.7. The van der Waals surface area contributed by atoms with Crippen LogP contribution < -0.4 is 15.4 Å². The fraction of sp³-hybridized carbons (Fsp3) is 0.636. The SMILES string of the molecule is COCCOc1cc(NC(=O)C2CNC2)nn1C. The van der Waals surface area contributed by atoms with Crippen LogP contribution in [-0.4, -0.2) is 49.1 Å². The molecule has 100 valence electrons. The average Bonchev–Trinajstić information content (AvgIpc) is 2.57. The Bertz CT molecular complexity index is 414. The summed E-state index contributed by atoms with van der Waals surface area (Å²) in [4.78, 5) is 11.7. The van der Waals surface area contributed by atoms with Crippen molar-refractivity contribution < 1.29 is 14.3 Å². The molecule has 18 heavy (non-hydrogen) atoms. The smallest absolute Gasteiger partial charge is 0.231 e. The molecule has 0 aromatic carbocycles. The highest BCUT2D eigenvalue weighted by atomic mass is 16.5. The first-order valence-electron chi connectivity index (χ1n) is 5.88. The van der Waals surface area contributed by atoms with Crippen LogP contribution in [0.5, 0.6) is 5.88 Å². The Morgan fingerprint density at radius 1 is 1.61 bits per heavy atom. The summed E-state index contributed by atoms with van der Waals surface area (Å²) >= 11 is 0. The molecule has 1 aromatic rings. The van der Waals surface area contributed by atoms with E-state index < -0.39 is 0 Å². The predicted molar refractivity (Wildman–Crippen MR) is 65.6 cm³/mol. The second-order valence-electron chi connectivity index (χ2n) is 4.18. The first-order valence-corrected chi connectivity index (χ1v) is 5.88. The molecule has 0 aliphatic carbocycles. The van der Waals surface area contributed by atoms with E-state index in [-0.39, 0.29) is 11.8 Å². The van der Waals surface area contributed by atoms with Crippen molar-refractivity contribution >= 4 is 11.7 Å². The zero-order valence-corrected chi connectivity index (χ0v) is 10.6. The van der Waals surface area contributed by atoms with Crippen molar-refractivity contribution in [2.45, 2.75) is 0 Å². The normalized spacial score (nSPS) is 15.2. The molecule has 7 heteroatoms. The van der Waals surface area contributed by atoms with E-state index in [0.29, 0.717) is 24.9 Å². The number of rotatable bonds is 6. The van der Waals surface area contributed by atoms with Crippen LogP contribution in [0.1, 0.15) is 0 Å². The molecule has 2 N–H and O–H groups in total. The largest absolute Gasteiger partial charge is 0.475 e. The van der Waals surface area contributed by atoms with Gasteiger partial charge in [0.25, 0.3) is 0 Å². The number of aromatic nitrogens is 2. The summed E-state index contributed by atoms with van der Waals surface area (Å²) in [6.07, 6.45) is 0. The number of hydrogen-bond donors (Lipinski definition) is 2. The standard InChI is InChI=1S/C11H18N4O3/c1-15-10(18-4-3-17-2)5-9(14-15)13-11(16)8-6-12-7-8/h5,8,12H,3-4,6-7H2,1-2H3,(H,13,14,16). The lowest BCUT2D eigenvalue weighted by molar-refractivity contribution is -0.121. The topological polar surface area (TPSA) is 77.4 Å². The third-order valence-electron chi connectivity index (χ3n) is 2.78. The molecule has 0 saturated carbocycles. The van der Waals surface area contributed by atoms with Gasteiger partial charge < -0.3 is 20.1 Å². The molecule has 2 heterocycles. The summed E-state index contributed by atoms with van der Waals surface area (Å²) in [5, 5.41) is 10.00. The lowest BCUT2D eigenvalue weighted by atomic mass is 10.0. The molecular formula is C11H18N4O3. The van der Waals surface area contributed by atoms with Gasteiger partial charge in [0, 0.05) is 33.3 Å². The van der Waals surface area contributed by atoms with Gasteiger partial charge in [0.05, 0.1) is 12.5 Å². The van der Waals surface area contributed by atoms with E-state index in [4.69, 9.17) is 9.47 Å². The van der Waals surface area contributed by atoms with Crippen molar-refractivity contribution in [3.63, 3.8) is 0 Å². The predicted octanol–water partition coefficient (Wildman–Crippen LogP) is -0.397. The quantitative estimate of drug-likeness (QED) is 0.676. The fourth-order valence-electron chi connectivity index (χ4n) is 1.58. The highest BCUT2D eigenvalue weighted by molar-refractivity contribution is 5.92. The molecule has 0 atom stereocenters. The number of nitrogens with zero attached hydrogens (tertiary/aromatic N) is 2. The first-order chi connectivity index (χ1) is 8.70. The summed E-state index contributed by atoms with van der Waals surface area (Å²) in [6, 6.07) is 1.71. The summed E-state index contributed by atoms with van der Waals surface area (Å²) in [5.41, 5.74) is 0. The van der Waals surface area contributed by atoms with Gasteiger partial charge in [-0.2, -0.15) is 5.10 Å². The highest BCUT2D eigenvalue weighted by Gasteiger charge is 2.25. The maximum absolute atomic E-state index is 11.7. The minimum Gasteiger partial charge on any atom is -0.475 e. The van der Waals surface area contributed by atoms with Gasteiger partial charge >= 0.3 is 0 Å². The summed E-state index contributed by atoms with van der Waals surface area (Å²) in [7, 11) is 3.38. The van der Waals surface area contributed by atoms with Crippen molar-refractivity contribution in [1.82, 2.24) is 15.1 Å². The summed E-state index contributed by atoms with van der Waals surface area (Å²) in [5.74, 6) is 1.16. The van der Waals surface area contributed by atoms with E-state index in [1.54, 1.807) is 24.9 Å². The van der Waals surface area contributed by atoms with Gasteiger partial charge in [0.1, 0.15) is 6.61 Å². The first kappa shape index (κ1) is 12.8. The molecular weight excluding hydrogens is 236 g/mol. The van der Waals surface area contributed by atoms with Crippen LogP contribution >= 0.6 is 0 Å². The Kier molecular flexibility index (Phi) is 4.16. The van der Waals surface area contributed by atoms with E-state index in [2.05, 4.69) is 15.7 Å². The number of carbonyl (C=O) groups is 1. The van der Waals surface area contributed by atoms with Crippen LogP contribution in [0, 0.1) is 5.92 Å². The van der Waals surface area contributed by atoms with Crippen molar-refractivity contribution in [2.24, 2.45) is 13.0 Å². The van der Waals surface area contributed by atoms with Gasteiger partial charge in [-0.3, -0.25) is 4.79 Å². The molecule has 0 bridgehead atoms. The zero-order chi connectivity index (χ0) is 13.0. The van der Waals surface area contributed by atoms with Crippen LogP contribution in [-0.2, 0) is 16.6 Å². The molecule has 0 radical (unpaired) electrons. The second kappa shape index (κ2) is 5.83. The summed E-state index contributed by atoms with van der Waals surface area (Å²) in [6.45, 7) is 2.43. The van der Waals surface area contributed by atoms with Crippen molar-refractivity contribution in [3.05, 3.63) is 6.07 Å². The van der Waals surface area contributed by atoms with E-state index in [1.165, 1.54) is 0 Å². The third kappa shape index (κ3) is 2.99. The number of ether oxygens (including phenoxy) is 2. The number of methoxy groups -OCH3 is 1. The van der Waals surface area contributed by atoms with E-state index in [0.717, 1.165) is 13.1 Å². The highest BCUT2D eigenvalue weighted by Crippen LogP contribution is 2.17. The number of nitrogens with one attached hydrogen (secondary N) is 2. The van der Waals surface area contributed by atoms with Gasteiger partial charge in [0.2, 0.25) is 11.8 Å². The number of carbonyl (C=O) groups excluding carboxylic acids is 1. The van der Waals surface area contributed by atoms with E-state index in [1.807, 2.05) is 0 Å². The van der Waals surface area contributed by atoms with Crippen LogP contribution in [0.25, 0.3) is 0 Å². The van der Waals surface area contributed by atoms with Crippen molar-refractivity contribution in [1.29, 1.82) is 0 Å². The Morgan fingerprint density at radius 3 is 3.00 bits per heavy atom. The summed E-state index contributed by atoms with van der Waals surface area (Å²) < 4.78 is 11.9. The molecule has 1 saturated heterocycles. The Hall–Kier alpha value is -1.60. The number of amides is 1. The number of hydrogen-bond acceptors (Lipinski definition) is 5. The second-order valence-corrected chi connectivity index (χ2v) is 4.18. The average molecular weight is 254 g/mol. The third-order valence-corrected chi connectivity index (χ3v) is 2.78. The molecule has 1 fully saturated rings. The molecule has 1 aromatic heterocycles. The van der Waals surface area contributed by atoms with Gasteiger partial charge in [-0.1, -0.05) is 0 Å². The van der Waals surface area contributed by atoms with E-state index >= 15 is 0 Å². The number of aryl methyl sites for hydroxylation is 1. The molecule has 0 spiro atoms. The Labute approximate surface area is 105 Å². The minimum absolute atomic E-state index is 0.00436. The van der Waals surface area contributed by atoms with Crippen molar-refractivity contribution in [2.75, 3.05) is 38.7 Å².